The van der Waals surface area contributed by atoms with E-state index in [4.69, 9.17) is 6.58 Å². The molecule has 1 atom stereocenters. The number of rotatable bonds is 3. The molecule has 7 aromatic rings. The molecule has 1 N–H and O–H groups in total. The van der Waals surface area contributed by atoms with Gasteiger partial charge in [0.25, 0.3) is 0 Å². The fourth-order valence-electron chi connectivity index (χ4n) is 8.28. The Bertz CT molecular complexity index is 2930. The summed E-state index contributed by atoms with van der Waals surface area (Å²) >= 11 is 0. The molecule has 1 aliphatic carbocycles. The quantitative estimate of drug-likeness (QED) is 0.199. The van der Waals surface area contributed by atoms with Crippen molar-refractivity contribution in [1.82, 2.24) is 4.98 Å². The number of hydrogen-bond donors (Lipinski definition) is 1. The van der Waals surface area contributed by atoms with E-state index in [0.29, 0.717) is 5.92 Å². The van der Waals surface area contributed by atoms with Crippen LogP contribution in [-0.4, -0.2) is 4.98 Å². The number of anilines is 4. The second kappa shape index (κ2) is 12.7. The minimum Gasteiger partial charge on any atom is -0.353 e. The van der Waals surface area contributed by atoms with Crippen LogP contribution in [0.25, 0.3) is 56.7 Å². The number of aromatic nitrogens is 1. The highest BCUT2D eigenvalue weighted by Crippen LogP contribution is 2.41. The highest BCUT2D eigenvalue weighted by Gasteiger charge is 2.21. The molecule has 0 fully saturated rings. The number of nitrogens with zero attached hydrogens (tertiary/aromatic N) is 2. The van der Waals surface area contributed by atoms with Crippen molar-refractivity contribution >= 4 is 79.5 Å². The van der Waals surface area contributed by atoms with E-state index >= 15 is 0 Å². The van der Waals surface area contributed by atoms with Gasteiger partial charge in [-0.3, -0.25) is 0 Å². The second-order valence-electron chi connectivity index (χ2n) is 14.7. The molecule has 0 amide bonds. The molecule has 0 spiro atoms. The number of benzene rings is 6. The first-order valence-corrected chi connectivity index (χ1v) is 18.7. The summed E-state index contributed by atoms with van der Waals surface area (Å²) in [4.78, 5) is 8.30. The van der Waals surface area contributed by atoms with E-state index < -0.39 is 0 Å². The van der Waals surface area contributed by atoms with Crippen molar-refractivity contribution < 1.29 is 0 Å². The van der Waals surface area contributed by atoms with Crippen molar-refractivity contribution in [3.05, 3.63) is 203 Å². The zero-order valence-corrected chi connectivity index (χ0v) is 30.3. The lowest BCUT2D eigenvalue weighted by Gasteiger charge is -2.28. The Balaban J connectivity index is 1.13. The van der Waals surface area contributed by atoms with Crippen LogP contribution in [0.4, 0.5) is 22.7 Å². The van der Waals surface area contributed by atoms with Gasteiger partial charge in [0, 0.05) is 51.0 Å². The van der Waals surface area contributed by atoms with E-state index in [0.717, 1.165) is 78.7 Å². The van der Waals surface area contributed by atoms with Crippen molar-refractivity contribution in [2.45, 2.75) is 13.3 Å². The minimum absolute atomic E-state index is 0.558. The fourth-order valence-corrected chi connectivity index (χ4v) is 8.28. The number of fused-ring (bicyclic) bond motifs is 7. The Labute approximate surface area is 315 Å². The van der Waals surface area contributed by atoms with Crippen LogP contribution in [0.15, 0.2) is 165 Å². The van der Waals surface area contributed by atoms with Crippen LogP contribution in [0.3, 0.4) is 0 Å². The normalized spacial score (nSPS) is 19.1. The molecule has 1 aromatic heterocycles. The van der Waals surface area contributed by atoms with Gasteiger partial charge in [0.2, 0.25) is 0 Å². The SMILES string of the molecule is C=C1/C=C(c2ccc3c(c2)C(=C)/C=c2\c([nH]c4ccccc24)=C/N3c2ccc3ccccc3c2)\C=C/N(c2ccc3c(c2)C=CC(C)C3)c2ccccc21. The van der Waals surface area contributed by atoms with Crippen molar-refractivity contribution in [1.29, 1.82) is 0 Å². The fraction of sp³-hybridized carbons (Fsp3) is 0.0588. The highest BCUT2D eigenvalue weighted by atomic mass is 15.1. The number of aromatic amines is 1. The van der Waals surface area contributed by atoms with E-state index in [1.54, 1.807) is 0 Å². The number of allylic oxidation sites excluding steroid dienone is 6. The zero-order valence-electron chi connectivity index (χ0n) is 30.3. The summed E-state index contributed by atoms with van der Waals surface area (Å²) in [5, 5.41) is 5.78. The molecule has 3 heteroatoms. The Morgan fingerprint density at radius 1 is 0.648 bits per heavy atom. The van der Waals surface area contributed by atoms with Gasteiger partial charge in [0.1, 0.15) is 0 Å². The van der Waals surface area contributed by atoms with Gasteiger partial charge in [0.15, 0.2) is 0 Å². The van der Waals surface area contributed by atoms with Gasteiger partial charge in [0.05, 0.1) is 16.7 Å². The van der Waals surface area contributed by atoms with Crippen LogP contribution in [-0.2, 0) is 6.42 Å². The van der Waals surface area contributed by atoms with Crippen LogP contribution in [0.1, 0.15) is 34.7 Å². The van der Waals surface area contributed by atoms with Crippen LogP contribution < -0.4 is 20.4 Å². The van der Waals surface area contributed by atoms with Crippen molar-refractivity contribution in [2.24, 2.45) is 5.92 Å². The molecule has 54 heavy (non-hydrogen) atoms. The topological polar surface area (TPSA) is 22.3 Å². The summed E-state index contributed by atoms with van der Waals surface area (Å²) < 4.78 is 0. The molecule has 2 aliphatic heterocycles. The summed E-state index contributed by atoms with van der Waals surface area (Å²) in [7, 11) is 0. The Morgan fingerprint density at radius 3 is 2.33 bits per heavy atom. The van der Waals surface area contributed by atoms with E-state index in [1.165, 1.54) is 27.3 Å². The van der Waals surface area contributed by atoms with Crippen molar-refractivity contribution in [3.63, 3.8) is 0 Å². The molecular weight excluding hydrogens is 655 g/mol. The second-order valence-corrected chi connectivity index (χ2v) is 14.7. The maximum absolute atomic E-state index is 4.70. The van der Waals surface area contributed by atoms with E-state index in [2.05, 4.69) is 198 Å². The summed E-state index contributed by atoms with van der Waals surface area (Å²) in [6, 6.07) is 45.9. The molecule has 1 unspecified atom stereocenters. The van der Waals surface area contributed by atoms with Gasteiger partial charge in [-0.05, 0) is 123 Å². The third-order valence-corrected chi connectivity index (χ3v) is 11.1. The predicted octanol–water partition coefficient (Wildman–Crippen LogP) is 11.7. The monoisotopic (exact) mass is 693 g/mol. The predicted molar refractivity (Wildman–Crippen MR) is 231 cm³/mol. The van der Waals surface area contributed by atoms with Gasteiger partial charge >= 0.3 is 0 Å². The number of nitrogens with one attached hydrogen (secondary N) is 1. The summed E-state index contributed by atoms with van der Waals surface area (Å²) in [5.41, 5.74) is 14.5. The summed E-state index contributed by atoms with van der Waals surface area (Å²) in [6.07, 6.45) is 16.8. The molecule has 0 saturated carbocycles. The molecule has 258 valence electrons. The number of hydrogen-bond acceptors (Lipinski definition) is 2. The average Bonchev–Trinajstić information content (AvgIpc) is 3.53. The number of para-hydroxylation sites is 2. The van der Waals surface area contributed by atoms with Gasteiger partial charge in [-0.25, -0.2) is 0 Å². The summed E-state index contributed by atoms with van der Waals surface area (Å²) in [5.74, 6) is 0.558. The molecule has 3 heterocycles. The molecular formula is C51H39N3. The maximum atomic E-state index is 4.70. The molecule has 0 saturated heterocycles. The number of H-pyrrole nitrogens is 1. The molecule has 0 radical (unpaired) electrons. The standard InChI is InChI=1S/C51H39N3/c1-33-16-17-39-30-42(22-19-38(39)26-33)53-25-24-41(27-34(2)44-12-7-9-15-50(44)53)40-20-23-51-46(31-40)35(3)28-47-45-13-6-8-14-48(45)52-49(47)32-54(51)43-21-18-36-10-4-5-11-37(36)29-43/h4-25,27-33,52H,2-3,26H2,1H3/b25-24-,41-27+,47-28-,49-32+. The van der Waals surface area contributed by atoms with E-state index in [9.17, 15) is 0 Å². The summed E-state index contributed by atoms with van der Waals surface area (Å²) in [6.45, 7) is 11.6. The van der Waals surface area contributed by atoms with Gasteiger partial charge in [-0.1, -0.05) is 111 Å². The van der Waals surface area contributed by atoms with Crippen LogP contribution in [0.2, 0.25) is 0 Å². The Morgan fingerprint density at radius 2 is 1.41 bits per heavy atom. The van der Waals surface area contributed by atoms with E-state index in [-0.39, 0.29) is 0 Å². The average molecular weight is 694 g/mol. The molecule has 0 bridgehead atoms. The van der Waals surface area contributed by atoms with Crippen molar-refractivity contribution in [3.8, 4) is 0 Å². The maximum Gasteiger partial charge on any atom is 0.0634 e. The van der Waals surface area contributed by atoms with Crippen LogP contribution in [0, 0.1) is 5.92 Å². The molecule has 10 rings (SSSR count). The largest absolute Gasteiger partial charge is 0.353 e. The molecule has 3 aliphatic rings. The highest BCUT2D eigenvalue weighted by molar-refractivity contribution is 6.01. The first kappa shape index (κ1) is 31.9. The van der Waals surface area contributed by atoms with Gasteiger partial charge in [-0.15, -0.1) is 0 Å². The van der Waals surface area contributed by atoms with Gasteiger partial charge in [-0.2, -0.15) is 0 Å². The van der Waals surface area contributed by atoms with Crippen LogP contribution >= 0.6 is 0 Å². The molecule has 6 aromatic carbocycles. The lowest BCUT2D eigenvalue weighted by Crippen LogP contribution is -2.28. The van der Waals surface area contributed by atoms with Crippen LogP contribution in [0.5, 0.6) is 0 Å². The van der Waals surface area contributed by atoms with Gasteiger partial charge < -0.3 is 14.8 Å². The Hall–Kier alpha value is -6.84. The first-order chi connectivity index (χ1) is 26.5. The lowest BCUT2D eigenvalue weighted by atomic mass is 9.90. The smallest absolute Gasteiger partial charge is 0.0634 e. The third-order valence-electron chi connectivity index (χ3n) is 11.1. The zero-order chi connectivity index (χ0) is 36.3. The third kappa shape index (κ3) is 5.45. The van der Waals surface area contributed by atoms with E-state index in [1.807, 2.05) is 0 Å². The molecule has 3 nitrogen and oxygen atoms in total. The van der Waals surface area contributed by atoms with Crippen molar-refractivity contribution in [2.75, 3.05) is 9.80 Å². The minimum atomic E-state index is 0.558. The Kier molecular flexibility index (Phi) is 7.48. The first-order valence-electron chi connectivity index (χ1n) is 18.7. The lowest BCUT2D eigenvalue weighted by molar-refractivity contribution is 0.717.